The zero-order valence-corrected chi connectivity index (χ0v) is 12.4. The maximum absolute atomic E-state index is 12.0. The molecule has 0 aliphatic rings. The van der Waals surface area contributed by atoms with Crippen molar-refractivity contribution in [3.63, 3.8) is 0 Å². The quantitative estimate of drug-likeness (QED) is 0.757. The molecule has 7 heteroatoms. The molecular weight excluding hydrogens is 290 g/mol. The molecule has 21 heavy (non-hydrogen) atoms. The minimum Gasteiger partial charge on any atom is -0.492 e. The van der Waals surface area contributed by atoms with Crippen LogP contribution in [0.15, 0.2) is 53.6 Å². The van der Waals surface area contributed by atoms with Gasteiger partial charge >= 0.3 is 0 Å². The third kappa shape index (κ3) is 4.44. The van der Waals surface area contributed by atoms with E-state index in [1.807, 2.05) is 30.3 Å². The van der Waals surface area contributed by atoms with Gasteiger partial charge in [0.1, 0.15) is 23.1 Å². The fourth-order valence-electron chi connectivity index (χ4n) is 1.63. The lowest BCUT2D eigenvalue weighted by Crippen LogP contribution is -2.28. The van der Waals surface area contributed by atoms with Gasteiger partial charge in [-0.25, -0.2) is 18.1 Å². The van der Waals surface area contributed by atoms with Crippen LogP contribution in [0.5, 0.6) is 5.75 Å². The molecule has 0 aliphatic carbocycles. The van der Waals surface area contributed by atoms with Crippen LogP contribution in [0.3, 0.4) is 0 Å². The molecule has 2 N–H and O–H groups in total. The van der Waals surface area contributed by atoms with E-state index in [1.54, 1.807) is 13.1 Å². The summed E-state index contributed by atoms with van der Waals surface area (Å²) in [5.74, 6) is 1.32. The van der Waals surface area contributed by atoms with E-state index in [2.05, 4.69) is 15.0 Å². The van der Waals surface area contributed by atoms with Crippen LogP contribution >= 0.6 is 0 Å². The van der Waals surface area contributed by atoms with Crippen molar-refractivity contribution in [3.05, 3.63) is 48.7 Å². The Balaban J connectivity index is 1.86. The highest BCUT2D eigenvalue weighted by Crippen LogP contribution is 2.10. The standard InChI is InChI=1S/C14H17N3O3S/c1-15-14-8-7-13(11-16-14)21(18,19)17-9-10-20-12-5-3-2-4-6-12/h2-8,11,17H,9-10H2,1H3,(H,15,16). The highest BCUT2D eigenvalue weighted by Gasteiger charge is 2.13. The van der Waals surface area contributed by atoms with Gasteiger partial charge in [0, 0.05) is 19.8 Å². The van der Waals surface area contributed by atoms with Crippen molar-refractivity contribution in [2.45, 2.75) is 4.90 Å². The molecule has 0 saturated heterocycles. The summed E-state index contributed by atoms with van der Waals surface area (Å²) in [6.07, 6.45) is 1.31. The van der Waals surface area contributed by atoms with Crippen LogP contribution in [0.4, 0.5) is 5.82 Å². The maximum atomic E-state index is 12.0. The first kappa shape index (κ1) is 15.3. The molecule has 6 nitrogen and oxygen atoms in total. The summed E-state index contributed by atoms with van der Waals surface area (Å²) in [7, 11) is -1.84. The van der Waals surface area contributed by atoms with Crippen LogP contribution < -0.4 is 14.8 Å². The zero-order valence-electron chi connectivity index (χ0n) is 11.6. The fourth-order valence-corrected chi connectivity index (χ4v) is 2.59. The number of hydrogen-bond acceptors (Lipinski definition) is 5. The number of pyridine rings is 1. The minimum absolute atomic E-state index is 0.126. The molecular formula is C14H17N3O3S. The van der Waals surface area contributed by atoms with Crippen LogP contribution in [-0.4, -0.2) is 33.6 Å². The predicted octanol–water partition coefficient (Wildman–Crippen LogP) is 1.48. The average Bonchev–Trinajstić information content (AvgIpc) is 2.53. The number of para-hydroxylation sites is 1. The van der Waals surface area contributed by atoms with Gasteiger partial charge in [-0.05, 0) is 24.3 Å². The number of nitrogens with zero attached hydrogens (tertiary/aromatic N) is 1. The maximum Gasteiger partial charge on any atom is 0.242 e. The van der Waals surface area contributed by atoms with Crippen molar-refractivity contribution in [1.29, 1.82) is 0 Å². The molecule has 0 fully saturated rings. The molecule has 2 rings (SSSR count). The number of rotatable bonds is 7. The summed E-state index contributed by atoms with van der Waals surface area (Å²) < 4.78 is 31.9. The van der Waals surface area contributed by atoms with Crippen molar-refractivity contribution in [1.82, 2.24) is 9.71 Å². The van der Waals surface area contributed by atoms with E-state index in [-0.39, 0.29) is 18.0 Å². The first-order chi connectivity index (χ1) is 10.1. The molecule has 0 bridgehead atoms. The Labute approximate surface area is 124 Å². The highest BCUT2D eigenvalue weighted by molar-refractivity contribution is 7.89. The largest absolute Gasteiger partial charge is 0.492 e. The van der Waals surface area contributed by atoms with Gasteiger partial charge in [-0.2, -0.15) is 0 Å². The molecule has 1 heterocycles. The Hall–Kier alpha value is -2.12. The van der Waals surface area contributed by atoms with Crippen molar-refractivity contribution in [2.24, 2.45) is 0 Å². The lowest BCUT2D eigenvalue weighted by atomic mass is 10.3. The number of anilines is 1. The number of aromatic nitrogens is 1. The molecule has 1 aromatic carbocycles. The van der Waals surface area contributed by atoms with Crippen LogP contribution in [0.25, 0.3) is 0 Å². The summed E-state index contributed by atoms with van der Waals surface area (Å²) in [6, 6.07) is 12.3. The van der Waals surface area contributed by atoms with E-state index < -0.39 is 10.0 Å². The van der Waals surface area contributed by atoms with Gasteiger partial charge in [-0.3, -0.25) is 0 Å². The second-order valence-corrected chi connectivity index (χ2v) is 5.96. The number of hydrogen-bond donors (Lipinski definition) is 2. The predicted molar refractivity (Wildman–Crippen MR) is 80.9 cm³/mol. The van der Waals surface area contributed by atoms with E-state index in [9.17, 15) is 8.42 Å². The summed E-state index contributed by atoms with van der Waals surface area (Å²) in [5.41, 5.74) is 0. The first-order valence-corrected chi connectivity index (χ1v) is 7.91. The van der Waals surface area contributed by atoms with Crippen molar-refractivity contribution >= 4 is 15.8 Å². The summed E-state index contributed by atoms with van der Waals surface area (Å²) in [5, 5.41) is 2.83. The van der Waals surface area contributed by atoms with Crippen LogP contribution in [0.1, 0.15) is 0 Å². The first-order valence-electron chi connectivity index (χ1n) is 6.43. The molecule has 0 radical (unpaired) electrons. The molecule has 0 aliphatic heterocycles. The molecule has 0 saturated carbocycles. The molecule has 2 aromatic rings. The van der Waals surface area contributed by atoms with Gasteiger partial charge in [0.15, 0.2) is 0 Å². The molecule has 1 aromatic heterocycles. The molecule has 0 amide bonds. The van der Waals surface area contributed by atoms with Gasteiger partial charge < -0.3 is 10.1 Å². The van der Waals surface area contributed by atoms with Gasteiger partial charge in [0.05, 0.1) is 0 Å². The molecule has 0 atom stereocenters. The highest BCUT2D eigenvalue weighted by atomic mass is 32.2. The summed E-state index contributed by atoms with van der Waals surface area (Å²) in [4.78, 5) is 4.10. The van der Waals surface area contributed by atoms with Crippen LogP contribution in [-0.2, 0) is 10.0 Å². The average molecular weight is 307 g/mol. The summed E-state index contributed by atoms with van der Waals surface area (Å²) in [6.45, 7) is 0.441. The normalized spacial score (nSPS) is 11.1. The van der Waals surface area contributed by atoms with Crippen LogP contribution in [0, 0.1) is 0 Å². The van der Waals surface area contributed by atoms with Crippen molar-refractivity contribution in [3.8, 4) is 5.75 Å². The minimum atomic E-state index is -3.56. The Morgan fingerprint density at radius 3 is 2.52 bits per heavy atom. The van der Waals surface area contributed by atoms with Crippen molar-refractivity contribution < 1.29 is 13.2 Å². The van der Waals surface area contributed by atoms with Gasteiger partial charge in [0.2, 0.25) is 10.0 Å². The topological polar surface area (TPSA) is 80.3 Å². The zero-order chi connectivity index (χ0) is 15.1. The SMILES string of the molecule is CNc1ccc(S(=O)(=O)NCCOc2ccccc2)cn1. The second kappa shape index (κ2) is 7.05. The fraction of sp³-hybridized carbons (Fsp3) is 0.214. The molecule has 112 valence electrons. The van der Waals surface area contributed by atoms with E-state index in [1.165, 1.54) is 12.3 Å². The van der Waals surface area contributed by atoms with Crippen molar-refractivity contribution in [2.75, 3.05) is 25.5 Å². The smallest absolute Gasteiger partial charge is 0.242 e. The van der Waals surface area contributed by atoms with Gasteiger partial charge in [-0.15, -0.1) is 0 Å². The number of ether oxygens (including phenoxy) is 1. The number of nitrogens with one attached hydrogen (secondary N) is 2. The Kier molecular flexibility index (Phi) is 5.13. The van der Waals surface area contributed by atoms with E-state index in [0.717, 1.165) is 0 Å². The molecule has 0 unspecified atom stereocenters. The third-order valence-corrected chi connectivity index (χ3v) is 4.16. The Bertz CT molecular complexity index is 658. The summed E-state index contributed by atoms with van der Waals surface area (Å²) >= 11 is 0. The number of sulfonamides is 1. The Morgan fingerprint density at radius 2 is 1.90 bits per heavy atom. The third-order valence-electron chi connectivity index (χ3n) is 2.71. The van der Waals surface area contributed by atoms with Crippen LogP contribution in [0.2, 0.25) is 0 Å². The van der Waals surface area contributed by atoms with E-state index >= 15 is 0 Å². The van der Waals surface area contributed by atoms with E-state index in [0.29, 0.717) is 11.6 Å². The molecule has 0 spiro atoms. The van der Waals surface area contributed by atoms with E-state index in [4.69, 9.17) is 4.74 Å². The Morgan fingerprint density at radius 1 is 1.14 bits per heavy atom. The van der Waals surface area contributed by atoms with Gasteiger partial charge in [-0.1, -0.05) is 18.2 Å². The lowest BCUT2D eigenvalue weighted by molar-refractivity contribution is 0.323. The van der Waals surface area contributed by atoms with Gasteiger partial charge in [0.25, 0.3) is 0 Å². The number of benzene rings is 1. The monoisotopic (exact) mass is 307 g/mol. The lowest BCUT2D eigenvalue weighted by Gasteiger charge is -2.08. The second-order valence-electron chi connectivity index (χ2n) is 4.19.